The second-order valence-corrected chi connectivity index (χ2v) is 7.04. The summed E-state index contributed by atoms with van der Waals surface area (Å²) in [5.41, 5.74) is -0.731. The van der Waals surface area contributed by atoms with Gasteiger partial charge in [-0.2, -0.15) is 0 Å². The SMILES string of the molecule is CN(Cc1cccs1)C(=O)CN1CCCC(C)(C(=O)O)C1. The third-order valence-corrected chi connectivity index (χ3v) is 4.91. The molecule has 0 aliphatic carbocycles. The summed E-state index contributed by atoms with van der Waals surface area (Å²) in [5, 5.41) is 11.3. The molecule has 1 aliphatic heterocycles. The molecule has 2 heterocycles. The molecule has 21 heavy (non-hydrogen) atoms. The zero-order chi connectivity index (χ0) is 15.5. The van der Waals surface area contributed by atoms with Gasteiger partial charge in [-0.05, 0) is 37.8 Å². The quantitative estimate of drug-likeness (QED) is 0.902. The first-order valence-corrected chi connectivity index (χ1v) is 8.01. The van der Waals surface area contributed by atoms with Crippen LogP contribution in [-0.2, 0) is 16.1 Å². The molecule has 1 aromatic rings. The van der Waals surface area contributed by atoms with Crippen molar-refractivity contribution in [3.63, 3.8) is 0 Å². The maximum atomic E-state index is 12.3. The highest BCUT2D eigenvalue weighted by Gasteiger charge is 2.38. The normalized spacial score (nSPS) is 23.0. The number of nitrogens with zero attached hydrogens (tertiary/aromatic N) is 2. The number of thiophene rings is 1. The Balaban J connectivity index is 1.88. The molecular weight excluding hydrogens is 288 g/mol. The number of carboxylic acid groups (broad SMARTS) is 1. The highest BCUT2D eigenvalue weighted by atomic mass is 32.1. The van der Waals surface area contributed by atoms with Crippen LogP contribution in [-0.4, -0.2) is 53.5 Å². The third kappa shape index (κ3) is 4.04. The zero-order valence-electron chi connectivity index (χ0n) is 12.5. The number of carboxylic acids is 1. The number of hydrogen-bond donors (Lipinski definition) is 1. The minimum atomic E-state index is -0.772. The van der Waals surface area contributed by atoms with Crippen LogP contribution in [0.2, 0.25) is 0 Å². The minimum absolute atomic E-state index is 0.0399. The Hall–Kier alpha value is -1.40. The van der Waals surface area contributed by atoms with Crippen LogP contribution in [0.25, 0.3) is 0 Å². The Kier molecular flexibility index (Phi) is 5.00. The fourth-order valence-electron chi connectivity index (χ4n) is 2.69. The first-order chi connectivity index (χ1) is 9.90. The topological polar surface area (TPSA) is 60.9 Å². The fourth-order valence-corrected chi connectivity index (χ4v) is 3.45. The summed E-state index contributed by atoms with van der Waals surface area (Å²) in [5.74, 6) is -0.732. The van der Waals surface area contributed by atoms with Crippen LogP contribution < -0.4 is 0 Å². The Morgan fingerprint density at radius 1 is 1.52 bits per heavy atom. The standard InChI is InChI=1S/C15H22N2O3S/c1-15(14(19)20)6-4-7-17(11-15)10-13(18)16(2)9-12-5-3-8-21-12/h3,5,8H,4,6-7,9-11H2,1-2H3,(H,19,20). The highest BCUT2D eigenvalue weighted by Crippen LogP contribution is 2.29. The van der Waals surface area contributed by atoms with E-state index in [-0.39, 0.29) is 5.91 Å². The van der Waals surface area contributed by atoms with Gasteiger partial charge in [-0.3, -0.25) is 14.5 Å². The molecule has 1 aliphatic rings. The Morgan fingerprint density at radius 2 is 2.29 bits per heavy atom. The molecule has 5 nitrogen and oxygen atoms in total. The number of carbonyl (C=O) groups is 2. The van der Waals surface area contributed by atoms with E-state index < -0.39 is 11.4 Å². The Bertz CT molecular complexity index is 503. The summed E-state index contributed by atoms with van der Waals surface area (Å²) >= 11 is 1.63. The number of aliphatic carboxylic acids is 1. The van der Waals surface area contributed by atoms with Crippen molar-refractivity contribution in [2.24, 2.45) is 5.41 Å². The molecule has 1 saturated heterocycles. The van der Waals surface area contributed by atoms with E-state index in [2.05, 4.69) is 0 Å². The van der Waals surface area contributed by atoms with Gasteiger partial charge in [0.25, 0.3) is 0 Å². The lowest BCUT2D eigenvalue weighted by molar-refractivity contribution is -0.152. The summed E-state index contributed by atoms with van der Waals surface area (Å²) in [6.45, 7) is 3.91. The van der Waals surface area contributed by atoms with Gasteiger partial charge in [-0.1, -0.05) is 6.07 Å². The minimum Gasteiger partial charge on any atom is -0.481 e. The predicted molar refractivity (Wildman–Crippen MR) is 82.2 cm³/mol. The molecule has 1 atom stereocenters. The van der Waals surface area contributed by atoms with Gasteiger partial charge in [0.2, 0.25) is 5.91 Å². The van der Waals surface area contributed by atoms with Crippen LogP contribution in [0.4, 0.5) is 0 Å². The number of hydrogen-bond acceptors (Lipinski definition) is 4. The number of piperidine rings is 1. The van der Waals surface area contributed by atoms with Gasteiger partial charge < -0.3 is 10.0 Å². The summed E-state index contributed by atoms with van der Waals surface area (Å²) in [7, 11) is 1.79. The van der Waals surface area contributed by atoms with E-state index in [1.165, 1.54) is 0 Å². The second kappa shape index (κ2) is 6.58. The lowest BCUT2D eigenvalue weighted by atomic mass is 9.82. The molecular formula is C15H22N2O3S. The van der Waals surface area contributed by atoms with Crippen LogP contribution in [0, 0.1) is 5.41 Å². The van der Waals surface area contributed by atoms with Gasteiger partial charge in [-0.25, -0.2) is 0 Å². The first-order valence-electron chi connectivity index (χ1n) is 7.13. The maximum absolute atomic E-state index is 12.3. The van der Waals surface area contributed by atoms with E-state index >= 15 is 0 Å². The summed E-state index contributed by atoms with van der Waals surface area (Å²) in [4.78, 5) is 28.4. The van der Waals surface area contributed by atoms with Gasteiger partial charge in [0.15, 0.2) is 0 Å². The van der Waals surface area contributed by atoms with Crippen LogP contribution in [0.15, 0.2) is 17.5 Å². The fraction of sp³-hybridized carbons (Fsp3) is 0.600. The van der Waals surface area contributed by atoms with Gasteiger partial charge in [0.1, 0.15) is 0 Å². The van der Waals surface area contributed by atoms with Gasteiger partial charge in [0.05, 0.1) is 18.5 Å². The monoisotopic (exact) mass is 310 g/mol. The number of likely N-dealkylation sites (N-methyl/N-ethyl adjacent to an activating group) is 1. The Morgan fingerprint density at radius 3 is 2.90 bits per heavy atom. The second-order valence-electron chi connectivity index (χ2n) is 6.01. The van der Waals surface area contributed by atoms with Crippen LogP contribution in [0.1, 0.15) is 24.6 Å². The molecule has 0 saturated carbocycles. The van der Waals surface area contributed by atoms with Crippen LogP contribution in [0.3, 0.4) is 0 Å². The smallest absolute Gasteiger partial charge is 0.310 e. The van der Waals surface area contributed by atoms with Crippen molar-refractivity contribution in [2.75, 3.05) is 26.7 Å². The number of amides is 1. The predicted octanol–water partition coefficient (Wildman–Crippen LogP) is 1.89. The van der Waals surface area contributed by atoms with Crippen molar-refractivity contribution < 1.29 is 14.7 Å². The number of carbonyl (C=O) groups excluding carboxylic acids is 1. The molecule has 1 fully saturated rings. The van der Waals surface area contributed by atoms with Gasteiger partial charge in [0, 0.05) is 18.5 Å². The molecule has 0 bridgehead atoms. The number of likely N-dealkylation sites (tertiary alicyclic amines) is 1. The van der Waals surface area contributed by atoms with E-state index in [9.17, 15) is 14.7 Å². The molecule has 0 radical (unpaired) electrons. The van der Waals surface area contributed by atoms with Crippen LogP contribution >= 0.6 is 11.3 Å². The van der Waals surface area contributed by atoms with Crippen molar-refractivity contribution in [1.82, 2.24) is 9.80 Å². The Labute approximate surface area is 129 Å². The lowest BCUT2D eigenvalue weighted by Crippen LogP contribution is -2.49. The molecule has 0 aromatic carbocycles. The molecule has 0 spiro atoms. The summed E-state index contributed by atoms with van der Waals surface area (Å²) in [6.07, 6.45) is 1.50. The summed E-state index contributed by atoms with van der Waals surface area (Å²) in [6, 6.07) is 3.98. The lowest BCUT2D eigenvalue weighted by Gasteiger charge is -2.37. The zero-order valence-corrected chi connectivity index (χ0v) is 13.4. The third-order valence-electron chi connectivity index (χ3n) is 4.05. The van der Waals surface area contributed by atoms with Crippen molar-refractivity contribution in [3.05, 3.63) is 22.4 Å². The largest absolute Gasteiger partial charge is 0.481 e. The van der Waals surface area contributed by atoms with Gasteiger partial charge >= 0.3 is 5.97 Å². The van der Waals surface area contributed by atoms with E-state index in [1.54, 1.807) is 30.2 Å². The van der Waals surface area contributed by atoms with E-state index in [0.717, 1.165) is 17.8 Å². The van der Waals surface area contributed by atoms with Crippen LogP contribution in [0.5, 0.6) is 0 Å². The average Bonchev–Trinajstić information content (AvgIpc) is 2.91. The average molecular weight is 310 g/mol. The first kappa shape index (κ1) is 16.0. The van der Waals surface area contributed by atoms with Crippen molar-refractivity contribution in [3.8, 4) is 0 Å². The maximum Gasteiger partial charge on any atom is 0.310 e. The molecule has 1 amide bonds. The van der Waals surface area contributed by atoms with E-state index in [4.69, 9.17) is 0 Å². The molecule has 1 unspecified atom stereocenters. The molecule has 1 aromatic heterocycles. The highest BCUT2D eigenvalue weighted by molar-refractivity contribution is 7.09. The van der Waals surface area contributed by atoms with Crippen molar-refractivity contribution in [1.29, 1.82) is 0 Å². The summed E-state index contributed by atoms with van der Waals surface area (Å²) < 4.78 is 0. The molecule has 1 N–H and O–H groups in total. The molecule has 6 heteroatoms. The van der Waals surface area contributed by atoms with E-state index in [1.807, 2.05) is 22.4 Å². The molecule has 116 valence electrons. The van der Waals surface area contributed by atoms with Crippen molar-refractivity contribution >= 4 is 23.2 Å². The molecule has 2 rings (SSSR count). The van der Waals surface area contributed by atoms with E-state index in [0.29, 0.717) is 26.1 Å². The number of rotatable bonds is 5. The van der Waals surface area contributed by atoms with Crippen molar-refractivity contribution in [2.45, 2.75) is 26.3 Å². The van der Waals surface area contributed by atoms with Gasteiger partial charge in [-0.15, -0.1) is 11.3 Å².